The number of halogens is 4. The molecule has 0 spiro atoms. The number of benzene rings is 1. The molecule has 0 aliphatic heterocycles. The quantitative estimate of drug-likeness (QED) is 0.634. The largest absolute Gasteiger partial charge is 0.435 e. The Morgan fingerprint density at radius 3 is 2.46 bits per heavy atom. The molecule has 1 amide bonds. The van der Waals surface area contributed by atoms with Crippen LogP contribution < -0.4 is 10.1 Å². The second-order valence-corrected chi connectivity index (χ2v) is 6.05. The van der Waals surface area contributed by atoms with Crippen LogP contribution in [0.15, 0.2) is 30.3 Å². The normalized spacial score (nSPS) is 11.4. The SMILES string of the molecule is Cc1cc(C(F)F)c2c(C)nn(CC(=O)Nc3ccc(OC(F)F)cc3)c2n1. The van der Waals surface area contributed by atoms with Gasteiger partial charge in [0.2, 0.25) is 5.91 Å². The highest BCUT2D eigenvalue weighted by Gasteiger charge is 2.20. The lowest BCUT2D eigenvalue weighted by Gasteiger charge is -2.08. The van der Waals surface area contributed by atoms with Gasteiger partial charge in [-0.25, -0.2) is 18.4 Å². The number of hydrogen-bond donors (Lipinski definition) is 1. The van der Waals surface area contributed by atoms with Gasteiger partial charge >= 0.3 is 6.61 Å². The van der Waals surface area contributed by atoms with E-state index in [1.165, 1.54) is 35.0 Å². The van der Waals surface area contributed by atoms with E-state index in [9.17, 15) is 22.4 Å². The van der Waals surface area contributed by atoms with Gasteiger partial charge in [-0.3, -0.25) is 4.79 Å². The number of nitrogens with one attached hydrogen (secondary N) is 1. The van der Waals surface area contributed by atoms with E-state index in [1.54, 1.807) is 13.8 Å². The molecule has 0 fully saturated rings. The summed E-state index contributed by atoms with van der Waals surface area (Å²) in [4.78, 5) is 16.5. The number of aryl methyl sites for hydroxylation is 2. The lowest BCUT2D eigenvalue weighted by molar-refractivity contribution is -0.116. The number of hydrogen-bond acceptors (Lipinski definition) is 4. The van der Waals surface area contributed by atoms with Crippen LogP contribution in [0.25, 0.3) is 11.0 Å². The number of ether oxygens (including phenoxy) is 1. The third-order valence-electron chi connectivity index (χ3n) is 3.93. The van der Waals surface area contributed by atoms with Gasteiger partial charge in [0.15, 0.2) is 5.65 Å². The highest BCUT2D eigenvalue weighted by atomic mass is 19.3. The number of fused-ring (bicyclic) bond motifs is 1. The highest BCUT2D eigenvalue weighted by molar-refractivity contribution is 5.92. The number of aromatic nitrogens is 3. The summed E-state index contributed by atoms with van der Waals surface area (Å²) >= 11 is 0. The molecule has 6 nitrogen and oxygen atoms in total. The fraction of sp³-hybridized carbons (Fsp3) is 0.278. The van der Waals surface area contributed by atoms with Crippen molar-refractivity contribution in [2.45, 2.75) is 33.4 Å². The molecule has 0 aliphatic rings. The van der Waals surface area contributed by atoms with Crippen molar-refractivity contribution in [2.24, 2.45) is 0 Å². The number of nitrogens with zero attached hydrogens (tertiary/aromatic N) is 3. The molecule has 2 aromatic heterocycles. The maximum atomic E-state index is 13.3. The predicted octanol–water partition coefficient (Wildman–Crippen LogP) is 4.23. The zero-order chi connectivity index (χ0) is 20.4. The molecule has 3 aromatic rings. The molecule has 0 saturated heterocycles. The summed E-state index contributed by atoms with van der Waals surface area (Å²) in [5.41, 5.74) is 1.11. The molecule has 1 N–H and O–H groups in total. The van der Waals surface area contributed by atoms with Crippen molar-refractivity contribution in [3.8, 4) is 5.75 Å². The molecular weight excluding hydrogens is 380 g/mol. The number of carbonyl (C=O) groups is 1. The minimum Gasteiger partial charge on any atom is -0.435 e. The maximum Gasteiger partial charge on any atom is 0.387 e. The summed E-state index contributed by atoms with van der Waals surface area (Å²) in [6, 6.07) is 6.68. The third kappa shape index (κ3) is 4.21. The van der Waals surface area contributed by atoms with Gasteiger partial charge in [-0.2, -0.15) is 13.9 Å². The standard InChI is InChI=1S/C18H16F4N4O2/c1-9-7-13(16(19)20)15-10(2)25-26(17(15)23-9)8-14(27)24-11-3-5-12(6-4-11)28-18(21)22/h3-7,16,18H,8H2,1-2H3,(H,24,27). The molecule has 3 rings (SSSR count). The number of anilines is 1. The second-order valence-electron chi connectivity index (χ2n) is 6.05. The van der Waals surface area contributed by atoms with E-state index in [1.807, 2.05) is 0 Å². The van der Waals surface area contributed by atoms with Crippen LogP contribution in [0, 0.1) is 13.8 Å². The van der Waals surface area contributed by atoms with Crippen molar-refractivity contribution in [3.63, 3.8) is 0 Å². The van der Waals surface area contributed by atoms with Gasteiger partial charge in [-0.15, -0.1) is 0 Å². The van der Waals surface area contributed by atoms with Crippen molar-refractivity contribution in [1.82, 2.24) is 14.8 Å². The maximum absolute atomic E-state index is 13.3. The van der Waals surface area contributed by atoms with Crippen molar-refractivity contribution < 1.29 is 27.1 Å². The van der Waals surface area contributed by atoms with Crippen LogP contribution >= 0.6 is 0 Å². The Kier molecular flexibility index (Phi) is 5.48. The van der Waals surface area contributed by atoms with Gasteiger partial charge in [-0.1, -0.05) is 0 Å². The Bertz CT molecular complexity index is 1000. The molecule has 28 heavy (non-hydrogen) atoms. The molecule has 0 radical (unpaired) electrons. The van der Waals surface area contributed by atoms with E-state index in [2.05, 4.69) is 20.1 Å². The zero-order valence-corrected chi connectivity index (χ0v) is 14.9. The first-order valence-corrected chi connectivity index (χ1v) is 8.22. The van der Waals surface area contributed by atoms with Crippen LogP contribution in [0.2, 0.25) is 0 Å². The summed E-state index contributed by atoms with van der Waals surface area (Å²) in [6.07, 6.45) is -2.69. The monoisotopic (exact) mass is 396 g/mol. The molecular formula is C18H16F4N4O2. The first kappa shape index (κ1) is 19.6. The molecule has 10 heteroatoms. The smallest absolute Gasteiger partial charge is 0.387 e. The first-order chi connectivity index (χ1) is 13.2. The lowest BCUT2D eigenvalue weighted by atomic mass is 10.1. The number of amides is 1. The average Bonchev–Trinajstić information content (AvgIpc) is 2.90. The summed E-state index contributed by atoms with van der Waals surface area (Å²) in [5, 5.41) is 6.96. The number of rotatable bonds is 6. The van der Waals surface area contributed by atoms with Gasteiger partial charge in [0.25, 0.3) is 6.43 Å². The van der Waals surface area contributed by atoms with E-state index in [4.69, 9.17) is 0 Å². The van der Waals surface area contributed by atoms with Gasteiger partial charge in [0.05, 0.1) is 11.1 Å². The fourth-order valence-corrected chi connectivity index (χ4v) is 2.86. The molecule has 0 atom stereocenters. The molecule has 0 bridgehead atoms. The molecule has 0 aliphatic carbocycles. The van der Waals surface area contributed by atoms with Crippen LogP contribution in [-0.2, 0) is 11.3 Å². The van der Waals surface area contributed by atoms with Crippen LogP contribution in [0.3, 0.4) is 0 Å². The summed E-state index contributed by atoms with van der Waals surface area (Å²) < 4.78 is 56.5. The van der Waals surface area contributed by atoms with E-state index < -0.39 is 18.9 Å². The van der Waals surface area contributed by atoms with E-state index in [0.717, 1.165) is 0 Å². The predicted molar refractivity (Wildman–Crippen MR) is 93.7 cm³/mol. The van der Waals surface area contributed by atoms with Crippen molar-refractivity contribution in [2.75, 3.05) is 5.32 Å². The Morgan fingerprint density at radius 2 is 1.86 bits per heavy atom. The minimum absolute atomic E-state index is 0.0408. The first-order valence-electron chi connectivity index (χ1n) is 8.22. The highest BCUT2D eigenvalue weighted by Crippen LogP contribution is 2.30. The molecule has 1 aromatic carbocycles. The number of pyridine rings is 1. The van der Waals surface area contributed by atoms with Crippen LogP contribution in [-0.4, -0.2) is 27.3 Å². The van der Waals surface area contributed by atoms with Gasteiger partial charge in [0.1, 0.15) is 12.3 Å². The molecule has 2 heterocycles. The zero-order valence-electron chi connectivity index (χ0n) is 14.9. The number of alkyl halides is 4. The van der Waals surface area contributed by atoms with Crippen molar-refractivity contribution in [1.29, 1.82) is 0 Å². The second kappa shape index (κ2) is 7.83. The summed E-state index contributed by atoms with van der Waals surface area (Å²) in [6.45, 7) is -0.0350. The van der Waals surface area contributed by atoms with Crippen LogP contribution in [0.4, 0.5) is 23.2 Å². The van der Waals surface area contributed by atoms with E-state index in [-0.39, 0.29) is 28.9 Å². The van der Waals surface area contributed by atoms with Crippen molar-refractivity contribution >= 4 is 22.6 Å². The summed E-state index contributed by atoms with van der Waals surface area (Å²) in [5.74, 6) is -0.519. The van der Waals surface area contributed by atoms with Gasteiger partial charge in [0, 0.05) is 16.9 Å². The van der Waals surface area contributed by atoms with Crippen LogP contribution in [0.1, 0.15) is 23.4 Å². The van der Waals surface area contributed by atoms with E-state index in [0.29, 0.717) is 17.1 Å². The number of carbonyl (C=O) groups excluding carboxylic acids is 1. The minimum atomic E-state index is -2.94. The Hall–Kier alpha value is -3.17. The fourth-order valence-electron chi connectivity index (χ4n) is 2.86. The van der Waals surface area contributed by atoms with Gasteiger partial charge < -0.3 is 10.1 Å². The van der Waals surface area contributed by atoms with E-state index >= 15 is 0 Å². The van der Waals surface area contributed by atoms with Gasteiger partial charge in [-0.05, 0) is 44.2 Å². The topological polar surface area (TPSA) is 69.0 Å². The van der Waals surface area contributed by atoms with Crippen molar-refractivity contribution in [3.05, 3.63) is 47.3 Å². The molecule has 0 saturated carbocycles. The lowest BCUT2D eigenvalue weighted by Crippen LogP contribution is -2.20. The third-order valence-corrected chi connectivity index (χ3v) is 3.93. The Morgan fingerprint density at radius 1 is 1.18 bits per heavy atom. The molecule has 0 unspecified atom stereocenters. The average molecular weight is 396 g/mol. The van der Waals surface area contributed by atoms with Crippen LogP contribution in [0.5, 0.6) is 5.75 Å². The Labute approximate surface area is 157 Å². The Balaban J connectivity index is 1.80. The summed E-state index contributed by atoms with van der Waals surface area (Å²) in [7, 11) is 0. The molecule has 148 valence electrons.